The lowest BCUT2D eigenvalue weighted by Crippen LogP contribution is -2.46. The molecule has 0 unspecified atom stereocenters. The summed E-state index contributed by atoms with van der Waals surface area (Å²) in [5.74, 6) is -0.352. The number of ether oxygens (including phenoxy) is 1. The smallest absolute Gasteiger partial charge is 0.252 e. The summed E-state index contributed by atoms with van der Waals surface area (Å²) in [6.07, 6.45) is 2.05. The highest BCUT2D eigenvalue weighted by Crippen LogP contribution is 2.31. The first-order valence-electron chi connectivity index (χ1n) is 8.19. The fourth-order valence-electron chi connectivity index (χ4n) is 2.66. The maximum Gasteiger partial charge on any atom is 0.252 e. The lowest BCUT2D eigenvalue weighted by Gasteiger charge is -2.34. The van der Waals surface area contributed by atoms with Crippen LogP contribution in [-0.2, 0) is 9.53 Å². The van der Waals surface area contributed by atoms with Gasteiger partial charge in [-0.25, -0.2) is 0 Å². The SMILES string of the molecule is CCCNC(=O)c1ccc(NC(=O)C2(CN)CCOCC2)cc1Cl.Cl. The van der Waals surface area contributed by atoms with E-state index in [0.717, 1.165) is 6.42 Å². The number of hydrogen-bond donors (Lipinski definition) is 3. The van der Waals surface area contributed by atoms with E-state index in [4.69, 9.17) is 22.1 Å². The first kappa shape index (κ1) is 21.7. The summed E-state index contributed by atoms with van der Waals surface area (Å²) in [6.45, 7) is 3.90. The molecule has 0 aliphatic carbocycles. The van der Waals surface area contributed by atoms with Gasteiger partial charge in [0.25, 0.3) is 5.91 Å². The largest absolute Gasteiger partial charge is 0.381 e. The van der Waals surface area contributed by atoms with Crippen LogP contribution in [0.25, 0.3) is 0 Å². The van der Waals surface area contributed by atoms with E-state index in [0.29, 0.717) is 48.9 Å². The fraction of sp³-hybridized carbons (Fsp3) is 0.529. The number of carbonyl (C=O) groups is 2. The molecule has 1 fully saturated rings. The predicted molar refractivity (Wildman–Crippen MR) is 101 cm³/mol. The van der Waals surface area contributed by atoms with Gasteiger partial charge in [0.2, 0.25) is 5.91 Å². The highest BCUT2D eigenvalue weighted by molar-refractivity contribution is 6.34. The van der Waals surface area contributed by atoms with E-state index in [2.05, 4.69) is 10.6 Å². The van der Waals surface area contributed by atoms with Crippen LogP contribution in [0.5, 0.6) is 0 Å². The standard InChI is InChI=1S/C17H24ClN3O3.ClH/c1-2-7-20-15(22)13-4-3-12(10-14(13)18)21-16(23)17(11-19)5-8-24-9-6-17;/h3-4,10H,2,5-9,11,19H2,1H3,(H,20,22)(H,21,23);1H. The van der Waals surface area contributed by atoms with Crippen molar-refractivity contribution >= 4 is 41.5 Å². The van der Waals surface area contributed by atoms with Crippen molar-refractivity contribution in [2.45, 2.75) is 26.2 Å². The van der Waals surface area contributed by atoms with Crippen molar-refractivity contribution in [1.29, 1.82) is 0 Å². The zero-order chi connectivity index (χ0) is 17.6. The van der Waals surface area contributed by atoms with Crippen LogP contribution in [0.1, 0.15) is 36.5 Å². The van der Waals surface area contributed by atoms with Crippen LogP contribution in [0.4, 0.5) is 5.69 Å². The molecule has 0 atom stereocenters. The second-order valence-electron chi connectivity index (χ2n) is 6.00. The zero-order valence-corrected chi connectivity index (χ0v) is 15.8. The molecule has 8 heteroatoms. The molecule has 1 aliphatic rings. The fourth-order valence-corrected chi connectivity index (χ4v) is 2.93. The molecular weight excluding hydrogens is 365 g/mol. The van der Waals surface area contributed by atoms with Gasteiger partial charge in [-0.15, -0.1) is 12.4 Å². The number of carbonyl (C=O) groups excluding carboxylic acids is 2. The Labute approximate surface area is 159 Å². The van der Waals surface area contributed by atoms with Crippen molar-refractivity contribution in [3.05, 3.63) is 28.8 Å². The number of anilines is 1. The first-order valence-corrected chi connectivity index (χ1v) is 8.57. The van der Waals surface area contributed by atoms with Crippen molar-refractivity contribution in [2.24, 2.45) is 11.1 Å². The van der Waals surface area contributed by atoms with E-state index in [1.807, 2.05) is 6.92 Å². The lowest BCUT2D eigenvalue weighted by molar-refractivity contribution is -0.130. The third-order valence-electron chi connectivity index (χ3n) is 4.33. The number of rotatable bonds is 6. The van der Waals surface area contributed by atoms with Crippen molar-refractivity contribution in [1.82, 2.24) is 5.32 Å². The van der Waals surface area contributed by atoms with Gasteiger partial charge in [0.1, 0.15) is 0 Å². The Morgan fingerprint density at radius 2 is 2.00 bits per heavy atom. The maximum atomic E-state index is 12.6. The van der Waals surface area contributed by atoms with E-state index in [1.54, 1.807) is 18.2 Å². The Kier molecular flexibility index (Phi) is 8.65. The van der Waals surface area contributed by atoms with Crippen LogP contribution in [0.2, 0.25) is 5.02 Å². The minimum Gasteiger partial charge on any atom is -0.381 e. The molecule has 0 aromatic heterocycles. The normalized spacial score (nSPS) is 15.8. The number of nitrogens with one attached hydrogen (secondary N) is 2. The first-order chi connectivity index (χ1) is 11.5. The Hall–Kier alpha value is -1.34. The molecule has 140 valence electrons. The number of hydrogen-bond acceptors (Lipinski definition) is 4. The van der Waals surface area contributed by atoms with Gasteiger partial charge < -0.3 is 21.1 Å². The third kappa shape index (κ3) is 5.31. The lowest BCUT2D eigenvalue weighted by atomic mass is 9.79. The van der Waals surface area contributed by atoms with Crippen LogP contribution in [-0.4, -0.2) is 38.1 Å². The van der Waals surface area contributed by atoms with E-state index in [9.17, 15) is 9.59 Å². The molecule has 0 spiro atoms. The van der Waals surface area contributed by atoms with Gasteiger partial charge in [-0.2, -0.15) is 0 Å². The Morgan fingerprint density at radius 3 is 2.56 bits per heavy atom. The minimum atomic E-state index is -0.609. The molecule has 0 saturated carbocycles. The summed E-state index contributed by atoms with van der Waals surface area (Å²) in [7, 11) is 0. The highest BCUT2D eigenvalue weighted by Gasteiger charge is 2.38. The van der Waals surface area contributed by atoms with Crippen LogP contribution >= 0.6 is 24.0 Å². The second-order valence-corrected chi connectivity index (χ2v) is 6.41. The Bertz CT molecular complexity index is 605. The minimum absolute atomic E-state index is 0. The number of amides is 2. The molecule has 0 radical (unpaired) electrons. The Balaban J connectivity index is 0.00000312. The van der Waals surface area contributed by atoms with Gasteiger partial charge in [-0.1, -0.05) is 18.5 Å². The molecule has 0 bridgehead atoms. The summed E-state index contributed by atoms with van der Waals surface area (Å²) >= 11 is 6.18. The van der Waals surface area contributed by atoms with Gasteiger partial charge in [0.15, 0.2) is 0 Å². The highest BCUT2D eigenvalue weighted by atomic mass is 35.5. The van der Waals surface area contributed by atoms with E-state index in [1.165, 1.54) is 0 Å². The van der Waals surface area contributed by atoms with Crippen LogP contribution in [0.3, 0.4) is 0 Å². The summed E-state index contributed by atoms with van der Waals surface area (Å²) < 4.78 is 5.32. The van der Waals surface area contributed by atoms with Crippen molar-refractivity contribution in [3.8, 4) is 0 Å². The van der Waals surface area contributed by atoms with Gasteiger partial charge >= 0.3 is 0 Å². The van der Waals surface area contributed by atoms with Crippen LogP contribution < -0.4 is 16.4 Å². The number of nitrogens with two attached hydrogens (primary N) is 1. The van der Waals surface area contributed by atoms with Gasteiger partial charge in [-0.3, -0.25) is 9.59 Å². The topological polar surface area (TPSA) is 93.5 Å². The van der Waals surface area contributed by atoms with Crippen molar-refractivity contribution in [3.63, 3.8) is 0 Å². The summed E-state index contributed by atoms with van der Waals surface area (Å²) in [5, 5.41) is 5.94. The maximum absolute atomic E-state index is 12.6. The van der Waals surface area contributed by atoms with Crippen LogP contribution in [0, 0.1) is 5.41 Å². The summed E-state index contributed by atoms with van der Waals surface area (Å²) in [4.78, 5) is 24.6. The predicted octanol–water partition coefficient (Wildman–Crippen LogP) is 2.60. The molecule has 2 rings (SSSR count). The molecule has 1 heterocycles. The molecule has 1 aromatic rings. The molecule has 25 heavy (non-hydrogen) atoms. The van der Waals surface area contributed by atoms with E-state index >= 15 is 0 Å². The second kappa shape index (κ2) is 9.97. The van der Waals surface area contributed by atoms with Gasteiger partial charge in [-0.05, 0) is 37.5 Å². The summed E-state index contributed by atoms with van der Waals surface area (Å²) in [6, 6.07) is 4.88. The number of halogens is 2. The zero-order valence-electron chi connectivity index (χ0n) is 14.3. The van der Waals surface area contributed by atoms with Crippen molar-refractivity contribution < 1.29 is 14.3 Å². The third-order valence-corrected chi connectivity index (χ3v) is 4.64. The average Bonchev–Trinajstić information content (AvgIpc) is 2.60. The van der Waals surface area contributed by atoms with Crippen LogP contribution in [0.15, 0.2) is 18.2 Å². The molecular formula is C17H25Cl2N3O3. The summed E-state index contributed by atoms with van der Waals surface area (Å²) in [5.41, 5.74) is 6.17. The molecule has 2 amide bonds. The number of benzene rings is 1. The Morgan fingerprint density at radius 1 is 1.32 bits per heavy atom. The van der Waals surface area contributed by atoms with Gasteiger partial charge in [0.05, 0.1) is 16.0 Å². The molecule has 4 N–H and O–H groups in total. The molecule has 6 nitrogen and oxygen atoms in total. The molecule has 1 aromatic carbocycles. The monoisotopic (exact) mass is 389 g/mol. The van der Waals surface area contributed by atoms with E-state index in [-0.39, 0.29) is 30.8 Å². The quantitative estimate of drug-likeness (QED) is 0.696. The van der Waals surface area contributed by atoms with Crippen molar-refractivity contribution in [2.75, 3.05) is 31.6 Å². The average molecular weight is 390 g/mol. The molecule has 1 aliphatic heterocycles. The molecule has 1 saturated heterocycles. The van der Waals surface area contributed by atoms with E-state index < -0.39 is 5.41 Å². The van der Waals surface area contributed by atoms with Gasteiger partial charge in [0, 0.05) is 32.0 Å².